The van der Waals surface area contributed by atoms with E-state index < -0.39 is 6.23 Å². The number of nitrogens with zero attached hydrogens (tertiary/aromatic N) is 4. The van der Waals surface area contributed by atoms with Crippen molar-refractivity contribution < 1.29 is 5.11 Å². The lowest BCUT2D eigenvalue weighted by atomic mass is 10.0. The highest BCUT2D eigenvalue weighted by Crippen LogP contribution is 2.22. The predicted molar refractivity (Wildman–Crippen MR) is 120 cm³/mol. The first-order chi connectivity index (χ1) is 14.6. The van der Waals surface area contributed by atoms with Crippen molar-refractivity contribution >= 4 is 16.9 Å². The van der Waals surface area contributed by atoms with E-state index in [1.54, 1.807) is 0 Å². The molecule has 0 amide bonds. The lowest BCUT2D eigenvalue weighted by molar-refractivity contribution is 0.112. The Morgan fingerprint density at radius 3 is 2.80 bits per heavy atom. The van der Waals surface area contributed by atoms with Gasteiger partial charge in [-0.1, -0.05) is 38.0 Å². The molecule has 3 aromatic rings. The maximum atomic E-state index is 10.8. The molecule has 0 bridgehead atoms. The van der Waals surface area contributed by atoms with E-state index in [1.807, 2.05) is 6.07 Å². The van der Waals surface area contributed by atoms with Crippen LogP contribution < -0.4 is 10.2 Å². The van der Waals surface area contributed by atoms with E-state index in [2.05, 4.69) is 73.6 Å². The molecule has 8 heteroatoms. The average molecular weight is 412 g/mol. The quantitative estimate of drug-likeness (QED) is 0.404. The van der Waals surface area contributed by atoms with Gasteiger partial charge in [-0.2, -0.15) is 4.98 Å². The van der Waals surface area contributed by atoms with E-state index in [4.69, 9.17) is 0 Å². The van der Waals surface area contributed by atoms with Crippen molar-refractivity contribution in [1.82, 2.24) is 30.4 Å². The number of piperazine rings is 1. The number of aromatic nitrogens is 4. The number of rotatable bonds is 9. The summed E-state index contributed by atoms with van der Waals surface area (Å²) in [4.78, 5) is 12.4. The molecule has 4 rings (SSSR count). The topological polar surface area (TPSA) is 96.1 Å². The Morgan fingerprint density at radius 2 is 2.00 bits per heavy atom. The first-order valence-corrected chi connectivity index (χ1v) is 11.0. The highest BCUT2D eigenvalue weighted by molar-refractivity contribution is 5.83. The highest BCUT2D eigenvalue weighted by Gasteiger charge is 2.22. The molecule has 1 aliphatic heterocycles. The molecule has 162 valence electrons. The smallest absolute Gasteiger partial charge is 0.244 e. The molecule has 2 unspecified atom stereocenters. The number of para-hydroxylation sites is 1. The molecule has 3 heterocycles. The summed E-state index contributed by atoms with van der Waals surface area (Å²) in [7, 11) is 2.12. The number of aliphatic hydroxyl groups is 1. The molecular weight excluding hydrogens is 378 g/mol. The van der Waals surface area contributed by atoms with Crippen LogP contribution in [0.3, 0.4) is 0 Å². The lowest BCUT2D eigenvalue weighted by Gasteiger charge is -2.31. The SMILES string of the molecule is CCCCC(Cc1c[nH]c2ccccc12)NC(O)c1nc(N2CCN(C)CC2)n[nH]1. The molecule has 8 nitrogen and oxygen atoms in total. The maximum Gasteiger partial charge on any atom is 0.244 e. The molecular formula is C22H33N7O. The monoisotopic (exact) mass is 411 g/mol. The first-order valence-electron chi connectivity index (χ1n) is 11.0. The Hall–Kier alpha value is -2.42. The first kappa shape index (κ1) is 20.8. The summed E-state index contributed by atoms with van der Waals surface area (Å²) in [6.45, 7) is 5.98. The van der Waals surface area contributed by atoms with Crippen LogP contribution in [0.1, 0.15) is 43.8 Å². The van der Waals surface area contributed by atoms with Gasteiger partial charge in [-0.15, -0.1) is 5.10 Å². The fourth-order valence-corrected chi connectivity index (χ4v) is 4.10. The van der Waals surface area contributed by atoms with E-state index in [0.717, 1.165) is 57.4 Å². The third-order valence-corrected chi connectivity index (χ3v) is 5.98. The van der Waals surface area contributed by atoms with E-state index in [-0.39, 0.29) is 6.04 Å². The number of aromatic amines is 2. The van der Waals surface area contributed by atoms with E-state index >= 15 is 0 Å². The van der Waals surface area contributed by atoms with Gasteiger partial charge in [0.2, 0.25) is 5.95 Å². The lowest BCUT2D eigenvalue weighted by Crippen LogP contribution is -2.45. The zero-order chi connectivity index (χ0) is 20.9. The molecule has 1 aliphatic rings. The van der Waals surface area contributed by atoms with Gasteiger partial charge in [0.15, 0.2) is 12.1 Å². The predicted octanol–water partition coefficient (Wildman–Crippen LogP) is 2.42. The number of anilines is 1. The molecule has 0 aliphatic carbocycles. The molecule has 4 N–H and O–H groups in total. The van der Waals surface area contributed by atoms with Crippen LogP contribution in [0.2, 0.25) is 0 Å². The fourth-order valence-electron chi connectivity index (χ4n) is 4.10. The minimum Gasteiger partial charge on any atom is -0.371 e. The van der Waals surface area contributed by atoms with Crippen molar-refractivity contribution in [1.29, 1.82) is 0 Å². The van der Waals surface area contributed by atoms with Crippen LogP contribution in [-0.4, -0.2) is 69.4 Å². The third kappa shape index (κ3) is 4.83. The Labute approximate surface area is 177 Å². The Balaban J connectivity index is 1.42. The standard InChI is InChI=1S/C22H33N7O/c1-3-4-7-17(14-16-15-23-19-9-6-5-8-18(16)19)24-21(30)20-25-22(27-26-20)29-12-10-28(2)11-13-29/h5-6,8-9,15,17,21,23-24,30H,3-4,7,10-14H2,1-2H3,(H,25,26,27). The van der Waals surface area contributed by atoms with E-state index in [9.17, 15) is 5.11 Å². The molecule has 2 atom stereocenters. The summed E-state index contributed by atoms with van der Waals surface area (Å²) in [5.74, 6) is 1.14. The van der Waals surface area contributed by atoms with Crippen LogP contribution in [0.5, 0.6) is 0 Å². The second-order valence-electron chi connectivity index (χ2n) is 8.28. The second-order valence-corrected chi connectivity index (χ2v) is 8.28. The maximum absolute atomic E-state index is 10.8. The van der Waals surface area contributed by atoms with Gasteiger partial charge in [0.1, 0.15) is 0 Å². The molecule has 2 aromatic heterocycles. The number of benzene rings is 1. The summed E-state index contributed by atoms with van der Waals surface area (Å²) in [6, 6.07) is 8.50. The van der Waals surface area contributed by atoms with Crippen molar-refractivity contribution in [3.8, 4) is 0 Å². The van der Waals surface area contributed by atoms with Crippen LogP contribution in [0, 0.1) is 0 Å². The summed E-state index contributed by atoms with van der Waals surface area (Å²) < 4.78 is 0. The van der Waals surface area contributed by atoms with Crippen LogP contribution in [0.15, 0.2) is 30.5 Å². The Bertz CT molecular complexity index is 928. The van der Waals surface area contributed by atoms with Gasteiger partial charge < -0.3 is 19.9 Å². The molecule has 1 aromatic carbocycles. The summed E-state index contributed by atoms with van der Waals surface area (Å²) >= 11 is 0. The number of fused-ring (bicyclic) bond motifs is 1. The normalized spacial score (nSPS) is 17.5. The van der Waals surface area contributed by atoms with Crippen LogP contribution >= 0.6 is 0 Å². The number of unbranched alkanes of at least 4 members (excludes halogenated alkanes) is 1. The highest BCUT2D eigenvalue weighted by atomic mass is 16.3. The number of nitrogens with one attached hydrogen (secondary N) is 3. The Kier molecular flexibility index (Phi) is 6.66. The van der Waals surface area contributed by atoms with Gasteiger partial charge in [-0.25, -0.2) is 0 Å². The van der Waals surface area contributed by atoms with Gasteiger partial charge in [-0.05, 0) is 31.5 Å². The molecule has 0 saturated carbocycles. The van der Waals surface area contributed by atoms with Crippen LogP contribution in [0.4, 0.5) is 5.95 Å². The molecule has 0 spiro atoms. The van der Waals surface area contributed by atoms with Crippen LogP contribution in [-0.2, 0) is 6.42 Å². The summed E-state index contributed by atoms with van der Waals surface area (Å²) in [5, 5.41) is 22.7. The summed E-state index contributed by atoms with van der Waals surface area (Å²) in [5.41, 5.74) is 2.41. The second kappa shape index (κ2) is 9.59. The molecule has 1 saturated heterocycles. The molecule has 30 heavy (non-hydrogen) atoms. The zero-order valence-corrected chi connectivity index (χ0v) is 17.9. The van der Waals surface area contributed by atoms with E-state index in [0.29, 0.717) is 11.8 Å². The average Bonchev–Trinajstić information content (AvgIpc) is 3.40. The number of hydrogen-bond donors (Lipinski definition) is 4. The minimum absolute atomic E-state index is 0.149. The number of hydrogen-bond acceptors (Lipinski definition) is 6. The Morgan fingerprint density at radius 1 is 1.20 bits per heavy atom. The van der Waals surface area contributed by atoms with Gasteiger partial charge >= 0.3 is 0 Å². The number of likely N-dealkylation sites (N-methyl/N-ethyl adjacent to an activating group) is 1. The fraction of sp³-hybridized carbons (Fsp3) is 0.545. The van der Waals surface area contributed by atoms with Crippen LogP contribution in [0.25, 0.3) is 10.9 Å². The molecule has 0 radical (unpaired) electrons. The summed E-state index contributed by atoms with van der Waals surface area (Å²) in [6.07, 6.45) is 5.28. The van der Waals surface area contributed by atoms with E-state index in [1.165, 1.54) is 10.9 Å². The number of aliphatic hydroxyl groups excluding tert-OH is 1. The van der Waals surface area contributed by atoms with Gasteiger partial charge in [-0.3, -0.25) is 10.4 Å². The van der Waals surface area contributed by atoms with Gasteiger partial charge in [0.05, 0.1) is 0 Å². The number of H-pyrrole nitrogens is 2. The van der Waals surface area contributed by atoms with Crippen molar-refractivity contribution in [2.75, 3.05) is 38.1 Å². The minimum atomic E-state index is -0.870. The van der Waals surface area contributed by atoms with Crippen molar-refractivity contribution in [2.45, 2.75) is 44.9 Å². The van der Waals surface area contributed by atoms with Gasteiger partial charge in [0, 0.05) is 49.3 Å². The largest absolute Gasteiger partial charge is 0.371 e. The van der Waals surface area contributed by atoms with Gasteiger partial charge in [0.25, 0.3) is 0 Å². The van der Waals surface area contributed by atoms with Crippen molar-refractivity contribution in [3.63, 3.8) is 0 Å². The van der Waals surface area contributed by atoms with Crippen molar-refractivity contribution in [3.05, 3.63) is 41.9 Å². The third-order valence-electron chi connectivity index (χ3n) is 5.98. The molecule has 1 fully saturated rings. The van der Waals surface area contributed by atoms with Crippen molar-refractivity contribution in [2.24, 2.45) is 0 Å². The zero-order valence-electron chi connectivity index (χ0n) is 17.9.